The first-order chi connectivity index (χ1) is 16.5. The van der Waals surface area contributed by atoms with E-state index in [0.29, 0.717) is 29.3 Å². The third kappa shape index (κ3) is 6.82. The maximum absolute atomic E-state index is 13.6. The van der Waals surface area contributed by atoms with Crippen molar-refractivity contribution in [1.29, 1.82) is 0 Å². The summed E-state index contributed by atoms with van der Waals surface area (Å²) in [6.07, 6.45) is 5.71. The first-order valence-corrected chi connectivity index (χ1v) is 13.1. The molecular formula is C26H35N3O4S. The lowest BCUT2D eigenvalue weighted by atomic mass is 10.0. The zero-order valence-corrected chi connectivity index (χ0v) is 20.9. The predicted octanol–water partition coefficient (Wildman–Crippen LogP) is 4.31. The lowest BCUT2D eigenvalue weighted by molar-refractivity contribution is -0.140. The highest BCUT2D eigenvalue weighted by atomic mass is 32.1. The molecule has 1 saturated carbocycles. The summed E-state index contributed by atoms with van der Waals surface area (Å²) >= 11 is 1.32. The van der Waals surface area contributed by atoms with Crippen molar-refractivity contribution in [3.05, 3.63) is 52.2 Å². The third-order valence-electron chi connectivity index (χ3n) is 5.99. The van der Waals surface area contributed by atoms with Crippen LogP contribution in [0.25, 0.3) is 0 Å². The van der Waals surface area contributed by atoms with Crippen LogP contribution in [0.4, 0.5) is 0 Å². The number of ether oxygens (including phenoxy) is 1. The number of para-hydroxylation sites is 1. The summed E-state index contributed by atoms with van der Waals surface area (Å²) in [7, 11) is 0. The van der Waals surface area contributed by atoms with Crippen LogP contribution in [-0.2, 0) is 9.59 Å². The molecule has 0 bridgehead atoms. The van der Waals surface area contributed by atoms with Gasteiger partial charge in [-0.3, -0.25) is 14.4 Å². The standard InChI is InChI=1S/C26H35N3O4S/c1-3-5-16-29(23(30)18-27-25(31)22-15-10-17-34-22)24(26(32)28-19-11-6-7-12-19)20-13-8-9-14-21(20)33-4-2/h8-10,13-15,17,19,24H,3-7,11-12,16,18H2,1-2H3,(H,27,31)(H,28,32)/t24-/m1/s1. The smallest absolute Gasteiger partial charge is 0.261 e. The highest BCUT2D eigenvalue weighted by molar-refractivity contribution is 7.12. The molecule has 2 aromatic rings. The van der Waals surface area contributed by atoms with Gasteiger partial charge < -0.3 is 20.3 Å². The van der Waals surface area contributed by atoms with Gasteiger partial charge in [-0.25, -0.2) is 0 Å². The van der Waals surface area contributed by atoms with Gasteiger partial charge in [-0.2, -0.15) is 0 Å². The lowest BCUT2D eigenvalue weighted by Crippen LogP contribution is -2.49. The molecule has 34 heavy (non-hydrogen) atoms. The van der Waals surface area contributed by atoms with Crippen molar-refractivity contribution in [2.45, 2.75) is 64.5 Å². The van der Waals surface area contributed by atoms with Crippen LogP contribution >= 0.6 is 11.3 Å². The van der Waals surface area contributed by atoms with Crippen molar-refractivity contribution in [2.24, 2.45) is 0 Å². The Morgan fingerprint density at radius 2 is 1.88 bits per heavy atom. The van der Waals surface area contributed by atoms with Crippen LogP contribution in [-0.4, -0.2) is 48.4 Å². The monoisotopic (exact) mass is 485 g/mol. The van der Waals surface area contributed by atoms with Crippen molar-refractivity contribution >= 4 is 29.1 Å². The molecule has 1 fully saturated rings. The second-order valence-electron chi connectivity index (χ2n) is 8.46. The molecule has 0 aliphatic heterocycles. The molecule has 1 aliphatic carbocycles. The molecule has 8 heteroatoms. The Hall–Kier alpha value is -2.87. The van der Waals surface area contributed by atoms with E-state index in [1.165, 1.54) is 11.3 Å². The average molecular weight is 486 g/mol. The Bertz CT molecular complexity index is 941. The molecule has 0 spiro atoms. The fourth-order valence-corrected chi connectivity index (χ4v) is 4.91. The van der Waals surface area contributed by atoms with Gasteiger partial charge in [-0.05, 0) is 43.7 Å². The summed E-state index contributed by atoms with van der Waals surface area (Å²) in [6, 6.07) is 10.2. The van der Waals surface area contributed by atoms with E-state index in [1.54, 1.807) is 17.0 Å². The minimum absolute atomic E-state index is 0.121. The number of carbonyl (C=O) groups is 3. The zero-order valence-electron chi connectivity index (χ0n) is 20.0. The summed E-state index contributed by atoms with van der Waals surface area (Å²) in [5, 5.41) is 7.71. The van der Waals surface area contributed by atoms with E-state index in [2.05, 4.69) is 10.6 Å². The minimum atomic E-state index is -0.832. The number of benzene rings is 1. The number of carbonyl (C=O) groups excluding carboxylic acids is 3. The number of rotatable bonds is 12. The molecular weight excluding hydrogens is 450 g/mol. The molecule has 1 atom stereocenters. The van der Waals surface area contributed by atoms with Crippen LogP contribution in [0, 0.1) is 0 Å². The molecule has 1 aliphatic rings. The quantitative estimate of drug-likeness (QED) is 0.469. The first kappa shape index (κ1) is 25.7. The normalized spacial score (nSPS) is 14.4. The Morgan fingerprint density at radius 3 is 2.56 bits per heavy atom. The molecule has 0 radical (unpaired) electrons. The van der Waals surface area contributed by atoms with E-state index >= 15 is 0 Å². The molecule has 1 aromatic carbocycles. The SMILES string of the molecule is CCCCN(C(=O)CNC(=O)c1cccs1)[C@@H](C(=O)NC1CCCC1)c1ccccc1OCC. The molecule has 3 rings (SSSR count). The van der Waals surface area contributed by atoms with E-state index in [9.17, 15) is 14.4 Å². The first-order valence-electron chi connectivity index (χ1n) is 12.2. The summed E-state index contributed by atoms with van der Waals surface area (Å²) in [5.74, 6) is -0.196. The average Bonchev–Trinajstić information content (AvgIpc) is 3.55. The van der Waals surface area contributed by atoms with Crippen LogP contribution in [0.1, 0.15) is 73.6 Å². The second kappa shape index (κ2) is 13.1. The van der Waals surface area contributed by atoms with Gasteiger partial charge in [0.2, 0.25) is 11.8 Å². The minimum Gasteiger partial charge on any atom is -0.494 e. The number of unbranched alkanes of at least 4 members (excludes halogenated alkanes) is 1. The van der Waals surface area contributed by atoms with Crippen LogP contribution < -0.4 is 15.4 Å². The topological polar surface area (TPSA) is 87.7 Å². The highest BCUT2D eigenvalue weighted by Gasteiger charge is 2.34. The molecule has 184 valence electrons. The van der Waals surface area contributed by atoms with Gasteiger partial charge in [-0.15, -0.1) is 11.3 Å². The van der Waals surface area contributed by atoms with E-state index in [-0.39, 0.29) is 30.3 Å². The Kier molecular flexibility index (Phi) is 9.94. The maximum Gasteiger partial charge on any atom is 0.261 e. The van der Waals surface area contributed by atoms with Crippen LogP contribution in [0.15, 0.2) is 41.8 Å². The molecule has 0 unspecified atom stereocenters. The Labute approximate surface area is 205 Å². The molecule has 2 N–H and O–H groups in total. The van der Waals surface area contributed by atoms with Gasteiger partial charge in [0.15, 0.2) is 0 Å². The van der Waals surface area contributed by atoms with Crippen molar-refractivity contribution in [3.63, 3.8) is 0 Å². The number of hydrogen-bond donors (Lipinski definition) is 2. The van der Waals surface area contributed by atoms with Gasteiger partial charge in [0.1, 0.15) is 11.8 Å². The van der Waals surface area contributed by atoms with Crippen LogP contribution in [0.2, 0.25) is 0 Å². The summed E-state index contributed by atoms with van der Waals surface area (Å²) in [4.78, 5) is 41.6. The Morgan fingerprint density at radius 1 is 1.12 bits per heavy atom. The third-order valence-corrected chi connectivity index (χ3v) is 6.86. The molecule has 7 nitrogen and oxygen atoms in total. The van der Waals surface area contributed by atoms with Crippen LogP contribution in [0.5, 0.6) is 5.75 Å². The van der Waals surface area contributed by atoms with Crippen molar-refractivity contribution in [1.82, 2.24) is 15.5 Å². The maximum atomic E-state index is 13.6. The van der Waals surface area contributed by atoms with Gasteiger partial charge in [0, 0.05) is 18.2 Å². The zero-order chi connectivity index (χ0) is 24.3. The van der Waals surface area contributed by atoms with Gasteiger partial charge >= 0.3 is 0 Å². The summed E-state index contributed by atoms with van der Waals surface area (Å²) in [6.45, 7) is 4.62. The predicted molar refractivity (Wildman–Crippen MR) is 134 cm³/mol. The second-order valence-corrected chi connectivity index (χ2v) is 9.41. The molecule has 0 saturated heterocycles. The van der Waals surface area contributed by atoms with Crippen molar-refractivity contribution in [3.8, 4) is 5.75 Å². The van der Waals surface area contributed by atoms with E-state index < -0.39 is 6.04 Å². The molecule has 1 heterocycles. The number of hydrogen-bond acceptors (Lipinski definition) is 5. The van der Waals surface area contributed by atoms with Crippen molar-refractivity contribution in [2.75, 3.05) is 19.7 Å². The Balaban J connectivity index is 1.88. The van der Waals surface area contributed by atoms with E-state index in [0.717, 1.165) is 38.5 Å². The van der Waals surface area contributed by atoms with Crippen LogP contribution in [0.3, 0.4) is 0 Å². The van der Waals surface area contributed by atoms with Gasteiger partial charge in [0.05, 0.1) is 18.0 Å². The largest absolute Gasteiger partial charge is 0.494 e. The molecule has 1 aromatic heterocycles. The number of amides is 3. The summed E-state index contributed by atoms with van der Waals surface area (Å²) < 4.78 is 5.83. The fourth-order valence-electron chi connectivity index (χ4n) is 4.27. The van der Waals surface area contributed by atoms with Crippen molar-refractivity contribution < 1.29 is 19.1 Å². The number of thiophene rings is 1. The van der Waals surface area contributed by atoms with Gasteiger partial charge in [0.25, 0.3) is 5.91 Å². The van der Waals surface area contributed by atoms with E-state index in [4.69, 9.17) is 4.74 Å². The van der Waals surface area contributed by atoms with E-state index in [1.807, 2.05) is 43.5 Å². The fraction of sp³-hybridized carbons (Fsp3) is 0.500. The molecule has 3 amide bonds. The lowest BCUT2D eigenvalue weighted by Gasteiger charge is -2.33. The highest BCUT2D eigenvalue weighted by Crippen LogP contribution is 2.31. The summed E-state index contributed by atoms with van der Waals surface area (Å²) in [5.41, 5.74) is 0.661. The number of nitrogens with zero attached hydrogens (tertiary/aromatic N) is 1. The number of nitrogens with one attached hydrogen (secondary N) is 2. The van der Waals surface area contributed by atoms with Gasteiger partial charge in [-0.1, -0.05) is 50.5 Å².